The molecular formula is C32H36ClN3O4. The smallest absolute Gasteiger partial charge is 0.309 e. The molecule has 1 N–H and O–H groups in total. The van der Waals surface area contributed by atoms with Crippen LogP contribution in [0.3, 0.4) is 0 Å². The molecule has 2 heterocycles. The second-order valence-corrected chi connectivity index (χ2v) is 11.4. The zero-order valence-corrected chi connectivity index (χ0v) is 24.2. The summed E-state index contributed by atoms with van der Waals surface area (Å²) in [5.41, 5.74) is 2.86. The molecule has 0 saturated carbocycles. The molecule has 3 aromatic rings. The fraction of sp³-hybridized carbons (Fsp3) is 0.375. The van der Waals surface area contributed by atoms with Gasteiger partial charge in [0, 0.05) is 40.9 Å². The normalized spacial score (nSPS) is 16.8. The molecular weight excluding hydrogens is 526 g/mol. The Labute approximate surface area is 240 Å². The van der Waals surface area contributed by atoms with Crippen molar-refractivity contribution in [3.05, 3.63) is 88.7 Å². The maximum absolute atomic E-state index is 13.8. The van der Waals surface area contributed by atoms with Crippen LogP contribution >= 0.6 is 11.6 Å². The Morgan fingerprint density at radius 2 is 1.77 bits per heavy atom. The van der Waals surface area contributed by atoms with Crippen molar-refractivity contribution in [2.24, 2.45) is 5.41 Å². The van der Waals surface area contributed by atoms with Gasteiger partial charge < -0.3 is 14.9 Å². The van der Waals surface area contributed by atoms with E-state index < -0.39 is 11.4 Å². The largest absolute Gasteiger partial charge is 0.481 e. The van der Waals surface area contributed by atoms with Crippen LogP contribution in [0.4, 0.5) is 11.4 Å². The number of hydrogen-bond acceptors (Lipinski definition) is 4. The standard InChI is InChI=1S/C32H36ClN3O4/c1-5-35(25-16-13-23(33)14-17-25)30(38)27-19-21(2)36(28-11-7-6-10-26(27)28)29(37)22-12-15-24(34-20-22)9-8-18-32(3,4)31(39)40/h6-7,10-17,20-21,27H,5,8-9,18-19H2,1-4H3,(H,39,40)/t21-,27-/m0/s1. The van der Waals surface area contributed by atoms with Crippen LogP contribution in [0.5, 0.6) is 0 Å². The minimum atomic E-state index is -0.811. The van der Waals surface area contributed by atoms with Crippen molar-refractivity contribution in [2.45, 2.75) is 65.3 Å². The highest BCUT2D eigenvalue weighted by Crippen LogP contribution is 2.40. The van der Waals surface area contributed by atoms with E-state index in [-0.39, 0.29) is 23.8 Å². The van der Waals surface area contributed by atoms with Gasteiger partial charge in [0.05, 0.1) is 16.9 Å². The number of amides is 2. The highest BCUT2D eigenvalue weighted by atomic mass is 35.5. The number of carboxylic acids is 1. The van der Waals surface area contributed by atoms with E-state index in [1.165, 1.54) is 0 Å². The first-order chi connectivity index (χ1) is 19.0. The molecule has 0 unspecified atom stereocenters. The molecule has 7 nitrogen and oxygen atoms in total. The van der Waals surface area contributed by atoms with Crippen molar-refractivity contribution < 1.29 is 19.5 Å². The summed E-state index contributed by atoms with van der Waals surface area (Å²) >= 11 is 6.06. The number of fused-ring (bicyclic) bond motifs is 1. The third-order valence-corrected chi connectivity index (χ3v) is 7.96. The number of carbonyl (C=O) groups is 3. The minimum absolute atomic E-state index is 0.00619. The number of carboxylic acid groups (broad SMARTS) is 1. The molecule has 40 heavy (non-hydrogen) atoms. The molecule has 2 aromatic carbocycles. The summed E-state index contributed by atoms with van der Waals surface area (Å²) < 4.78 is 0. The maximum Gasteiger partial charge on any atom is 0.309 e. The van der Waals surface area contributed by atoms with Gasteiger partial charge in [-0.3, -0.25) is 19.4 Å². The first-order valence-electron chi connectivity index (χ1n) is 13.7. The number of likely N-dealkylation sites (N-methyl/N-ethyl adjacent to an activating group) is 1. The van der Waals surface area contributed by atoms with Crippen LogP contribution < -0.4 is 9.80 Å². The third-order valence-electron chi connectivity index (χ3n) is 7.71. The number of aryl methyl sites for hydroxylation is 1. The van der Waals surface area contributed by atoms with Gasteiger partial charge in [0.2, 0.25) is 5.91 Å². The van der Waals surface area contributed by atoms with Crippen LogP contribution in [-0.2, 0) is 16.0 Å². The minimum Gasteiger partial charge on any atom is -0.481 e. The van der Waals surface area contributed by atoms with Gasteiger partial charge in [-0.15, -0.1) is 0 Å². The lowest BCUT2D eigenvalue weighted by molar-refractivity contribution is -0.147. The van der Waals surface area contributed by atoms with Crippen molar-refractivity contribution in [3.63, 3.8) is 0 Å². The lowest BCUT2D eigenvalue weighted by Crippen LogP contribution is -2.46. The molecule has 210 valence electrons. The number of aliphatic carboxylic acids is 1. The van der Waals surface area contributed by atoms with Gasteiger partial charge in [-0.25, -0.2) is 0 Å². The average molecular weight is 562 g/mol. The lowest BCUT2D eigenvalue weighted by atomic mass is 9.84. The fourth-order valence-electron chi connectivity index (χ4n) is 5.29. The Morgan fingerprint density at radius 3 is 2.40 bits per heavy atom. The molecule has 0 spiro atoms. The number of hydrogen-bond donors (Lipinski definition) is 1. The molecule has 0 radical (unpaired) electrons. The van der Waals surface area contributed by atoms with Crippen molar-refractivity contribution >= 4 is 40.8 Å². The summed E-state index contributed by atoms with van der Waals surface area (Å²) in [7, 11) is 0. The van der Waals surface area contributed by atoms with Gasteiger partial charge in [0.25, 0.3) is 5.91 Å². The van der Waals surface area contributed by atoms with E-state index in [4.69, 9.17) is 11.6 Å². The molecule has 4 rings (SSSR count). The van der Waals surface area contributed by atoms with Gasteiger partial charge in [0.15, 0.2) is 0 Å². The first kappa shape index (κ1) is 29.3. The number of para-hydroxylation sites is 1. The topological polar surface area (TPSA) is 90.8 Å². The number of aromatic nitrogens is 1. The van der Waals surface area contributed by atoms with Crippen molar-refractivity contribution in [2.75, 3.05) is 16.3 Å². The van der Waals surface area contributed by atoms with Crippen molar-refractivity contribution in [1.82, 2.24) is 4.98 Å². The summed E-state index contributed by atoms with van der Waals surface area (Å²) in [5.74, 6) is -1.37. The number of pyridine rings is 1. The zero-order valence-electron chi connectivity index (χ0n) is 23.4. The number of nitrogens with zero attached hydrogens (tertiary/aromatic N) is 3. The van der Waals surface area contributed by atoms with E-state index in [0.29, 0.717) is 42.8 Å². The molecule has 1 aliphatic heterocycles. The Balaban J connectivity index is 1.53. The van der Waals surface area contributed by atoms with Gasteiger partial charge >= 0.3 is 5.97 Å². The predicted molar refractivity (Wildman–Crippen MR) is 158 cm³/mol. The highest BCUT2D eigenvalue weighted by molar-refractivity contribution is 6.30. The van der Waals surface area contributed by atoms with Gasteiger partial charge in [0.1, 0.15) is 0 Å². The Kier molecular flexibility index (Phi) is 8.94. The summed E-state index contributed by atoms with van der Waals surface area (Å²) in [6.07, 6.45) is 3.96. The second kappa shape index (κ2) is 12.2. The molecule has 0 bridgehead atoms. The maximum atomic E-state index is 13.8. The summed E-state index contributed by atoms with van der Waals surface area (Å²) in [4.78, 5) is 46.9. The van der Waals surface area contributed by atoms with Crippen LogP contribution in [0.25, 0.3) is 0 Å². The van der Waals surface area contributed by atoms with Crippen LogP contribution in [-0.4, -0.2) is 40.5 Å². The fourth-order valence-corrected chi connectivity index (χ4v) is 5.41. The quantitative estimate of drug-likeness (QED) is 0.312. The van der Waals surface area contributed by atoms with E-state index in [1.807, 2.05) is 56.3 Å². The van der Waals surface area contributed by atoms with E-state index in [0.717, 1.165) is 22.6 Å². The SMILES string of the molecule is CCN(C(=O)[C@H]1C[C@H](C)N(C(=O)c2ccc(CCCC(C)(C)C(=O)O)nc2)c2ccccc21)c1ccc(Cl)cc1. The van der Waals surface area contributed by atoms with Crippen LogP contribution in [0.2, 0.25) is 5.02 Å². The summed E-state index contributed by atoms with van der Waals surface area (Å²) in [6.45, 7) is 7.88. The molecule has 1 aromatic heterocycles. The van der Waals surface area contributed by atoms with Crippen LogP contribution in [0, 0.1) is 5.41 Å². The molecule has 2 amide bonds. The van der Waals surface area contributed by atoms with E-state index in [2.05, 4.69) is 4.98 Å². The van der Waals surface area contributed by atoms with Gasteiger partial charge in [-0.2, -0.15) is 0 Å². The van der Waals surface area contributed by atoms with Crippen molar-refractivity contribution in [3.8, 4) is 0 Å². The zero-order chi connectivity index (χ0) is 29.0. The monoisotopic (exact) mass is 561 g/mol. The predicted octanol–water partition coefficient (Wildman–Crippen LogP) is 6.74. The van der Waals surface area contributed by atoms with E-state index in [1.54, 1.807) is 48.0 Å². The Morgan fingerprint density at radius 1 is 1.07 bits per heavy atom. The molecule has 0 saturated heterocycles. The summed E-state index contributed by atoms with van der Waals surface area (Å²) in [5, 5.41) is 9.93. The molecule has 1 aliphatic rings. The molecule has 2 atom stereocenters. The van der Waals surface area contributed by atoms with Crippen molar-refractivity contribution in [1.29, 1.82) is 0 Å². The molecule has 0 aliphatic carbocycles. The first-order valence-corrected chi connectivity index (χ1v) is 14.1. The van der Waals surface area contributed by atoms with Crippen LogP contribution in [0.15, 0.2) is 66.9 Å². The van der Waals surface area contributed by atoms with Gasteiger partial charge in [-0.1, -0.05) is 29.8 Å². The van der Waals surface area contributed by atoms with E-state index >= 15 is 0 Å². The number of carbonyl (C=O) groups excluding carboxylic acids is 2. The molecule has 8 heteroatoms. The summed E-state index contributed by atoms with van der Waals surface area (Å²) in [6, 6.07) is 18.3. The Bertz CT molecular complexity index is 1370. The number of benzene rings is 2. The lowest BCUT2D eigenvalue weighted by Gasteiger charge is -2.40. The third kappa shape index (κ3) is 6.20. The number of halogens is 1. The van der Waals surface area contributed by atoms with E-state index in [9.17, 15) is 19.5 Å². The second-order valence-electron chi connectivity index (χ2n) is 11.0. The Hall–Kier alpha value is -3.71. The van der Waals surface area contributed by atoms with Crippen LogP contribution in [0.1, 0.15) is 74.5 Å². The number of rotatable bonds is 9. The average Bonchev–Trinajstić information content (AvgIpc) is 2.94. The number of anilines is 2. The highest BCUT2D eigenvalue weighted by Gasteiger charge is 2.39. The van der Waals surface area contributed by atoms with Gasteiger partial charge in [-0.05, 0) is 101 Å². The molecule has 0 fully saturated rings.